The number of rotatable bonds is 4. The first kappa shape index (κ1) is 15.7. The fourth-order valence-electron chi connectivity index (χ4n) is 1.99. The van der Waals surface area contributed by atoms with Gasteiger partial charge in [0.25, 0.3) is 11.0 Å². The van der Waals surface area contributed by atoms with Crippen molar-refractivity contribution < 1.29 is 28.7 Å². The van der Waals surface area contributed by atoms with Gasteiger partial charge in [-0.15, -0.1) is 0 Å². The largest absolute Gasteiger partial charge is 0.481 e. The molecule has 2 heterocycles. The van der Waals surface area contributed by atoms with E-state index in [0.29, 0.717) is 11.4 Å². The van der Waals surface area contributed by atoms with Gasteiger partial charge in [-0.25, -0.2) is 4.79 Å². The molecule has 2 aromatic rings. The Hall–Kier alpha value is -3.14. The van der Waals surface area contributed by atoms with Crippen LogP contribution in [0.5, 0.6) is 16.6 Å². The predicted molar refractivity (Wildman–Crippen MR) is 83.0 cm³/mol. The lowest BCUT2D eigenvalue weighted by molar-refractivity contribution is -0.385. The lowest BCUT2D eigenvalue weighted by atomic mass is 10.2. The zero-order valence-corrected chi connectivity index (χ0v) is 13.0. The first-order chi connectivity index (χ1) is 11.5. The van der Waals surface area contributed by atoms with Crippen LogP contribution < -0.4 is 14.8 Å². The van der Waals surface area contributed by atoms with Gasteiger partial charge < -0.3 is 19.5 Å². The average Bonchev–Trinajstić information content (AvgIpc) is 2.98. The van der Waals surface area contributed by atoms with Crippen LogP contribution in [0.2, 0.25) is 0 Å². The molecule has 0 unspecified atom stereocenters. The number of nitrogens with zero attached hydrogens (tertiary/aromatic N) is 1. The minimum atomic E-state index is -0.686. The number of nitro groups is 1. The lowest BCUT2D eigenvalue weighted by Gasteiger charge is -2.18. The molecule has 0 saturated carbocycles. The number of ether oxygens (including phenoxy) is 3. The summed E-state index contributed by atoms with van der Waals surface area (Å²) in [6.45, 7) is -0.123. The fraction of sp³-hybridized carbons (Fsp3) is 0.143. The first-order valence-electron chi connectivity index (χ1n) is 6.59. The zero-order chi connectivity index (χ0) is 17.3. The van der Waals surface area contributed by atoms with E-state index in [2.05, 4.69) is 10.1 Å². The molecule has 0 fully saturated rings. The molecule has 0 atom stereocenters. The van der Waals surface area contributed by atoms with Crippen LogP contribution in [0.3, 0.4) is 0 Å². The summed E-state index contributed by atoms with van der Waals surface area (Å²) in [5.41, 5.74) is 0.141. The number of carbonyl (C=O) groups is 2. The van der Waals surface area contributed by atoms with E-state index in [1.807, 2.05) is 0 Å². The minimum Gasteiger partial charge on any atom is -0.481 e. The van der Waals surface area contributed by atoms with Crippen LogP contribution >= 0.6 is 11.3 Å². The molecule has 124 valence electrons. The molecule has 10 heteroatoms. The summed E-state index contributed by atoms with van der Waals surface area (Å²) in [5.74, 6) is -0.298. The number of amides is 1. The molecule has 0 aliphatic carbocycles. The molecule has 3 rings (SSSR count). The number of nitrogens with one attached hydrogen (secondary N) is 1. The Bertz CT molecular complexity index is 846. The molecule has 1 amide bonds. The molecule has 0 saturated heterocycles. The van der Waals surface area contributed by atoms with Crippen molar-refractivity contribution in [1.29, 1.82) is 0 Å². The highest BCUT2D eigenvalue weighted by molar-refractivity contribution is 7.16. The topological polar surface area (TPSA) is 117 Å². The number of carbonyl (C=O) groups excluding carboxylic acids is 2. The highest BCUT2D eigenvalue weighted by Gasteiger charge is 2.25. The molecule has 1 aliphatic rings. The van der Waals surface area contributed by atoms with Gasteiger partial charge in [-0.05, 0) is 12.1 Å². The van der Waals surface area contributed by atoms with E-state index in [-0.39, 0.29) is 33.9 Å². The monoisotopic (exact) mass is 350 g/mol. The molecule has 0 radical (unpaired) electrons. The number of thiophene rings is 1. The van der Waals surface area contributed by atoms with Gasteiger partial charge in [-0.1, -0.05) is 11.3 Å². The van der Waals surface area contributed by atoms with E-state index in [1.54, 1.807) is 6.07 Å². The van der Waals surface area contributed by atoms with Crippen molar-refractivity contribution in [2.75, 3.05) is 19.0 Å². The Balaban J connectivity index is 1.91. The summed E-state index contributed by atoms with van der Waals surface area (Å²) in [4.78, 5) is 33.3. The van der Waals surface area contributed by atoms with Crippen LogP contribution in [0.4, 0.5) is 11.4 Å². The molecular formula is C14H10N2O7S. The first-order valence-corrected chi connectivity index (χ1v) is 7.40. The minimum absolute atomic E-state index is 0.0554. The maximum atomic E-state index is 11.5. The second-order valence-electron chi connectivity index (χ2n) is 4.63. The zero-order valence-electron chi connectivity index (χ0n) is 12.2. The Morgan fingerprint density at radius 2 is 2.21 bits per heavy atom. The average molecular weight is 350 g/mol. The summed E-state index contributed by atoms with van der Waals surface area (Å²) < 4.78 is 15.3. The fourth-order valence-corrected chi connectivity index (χ4v) is 2.90. The Labute approximate surface area is 138 Å². The third-order valence-electron chi connectivity index (χ3n) is 3.06. The van der Waals surface area contributed by atoms with Crippen molar-refractivity contribution in [2.24, 2.45) is 0 Å². The van der Waals surface area contributed by atoms with Crippen molar-refractivity contribution in [3.05, 3.63) is 39.3 Å². The third kappa shape index (κ3) is 2.99. The van der Waals surface area contributed by atoms with Crippen LogP contribution in [0, 0.1) is 10.1 Å². The van der Waals surface area contributed by atoms with Crippen LogP contribution in [0.25, 0.3) is 0 Å². The van der Waals surface area contributed by atoms with Crippen molar-refractivity contribution >= 4 is 34.6 Å². The summed E-state index contributed by atoms with van der Waals surface area (Å²) in [7, 11) is 1.18. The van der Waals surface area contributed by atoms with Gasteiger partial charge in [0.2, 0.25) is 0 Å². The van der Waals surface area contributed by atoms with Gasteiger partial charge in [0.15, 0.2) is 6.61 Å². The smallest absolute Gasteiger partial charge is 0.348 e. The Kier molecular flexibility index (Phi) is 4.04. The second-order valence-corrected chi connectivity index (χ2v) is 5.64. The number of fused-ring (bicyclic) bond motifs is 1. The number of esters is 1. The van der Waals surface area contributed by atoms with Gasteiger partial charge in [0.1, 0.15) is 16.4 Å². The van der Waals surface area contributed by atoms with Crippen LogP contribution in [0.1, 0.15) is 9.67 Å². The standard InChI is InChI=1S/C14H10N2O7S/c1-21-13(18)11-5-9(16(19)20)14(24-11)23-7-2-3-8-10(4-7)22-6-12(17)15-8/h2-5H,6H2,1H3,(H,15,17). The van der Waals surface area contributed by atoms with Gasteiger partial charge in [0.05, 0.1) is 17.7 Å². The number of hydrogen-bond donors (Lipinski definition) is 1. The SMILES string of the molecule is COC(=O)c1cc([N+](=O)[O-])c(Oc2ccc3c(c2)OCC(=O)N3)s1. The number of hydrogen-bond acceptors (Lipinski definition) is 8. The molecule has 24 heavy (non-hydrogen) atoms. The van der Waals surface area contributed by atoms with Crippen molar-refractivity contribution in [3.8, 4) is 16.6 Å². The van der Waals surface area contributed by atoms with E-state index < -0.39 is 10.9 Å². The van der Waals surface area contributed by atoms with Crippen molar-refractivity contribution in [1.82, 2.24) is 0 Å². The van der Waals surface area contributed by atoms with Gasteiger partial charge in [-0.2, -0.15) is 0 Å². The highest BCUT2D eigenvalue weighted by atomic mass is 32.1. The number of anilines is 1. The summed E-state index contributed by atoms with van der Waals surface area (Å²) in [5, 5.41) is 13.7. The van der Waals surface area contributed by atoms with Gasteiger partial charge in [-0.3, -0.25) is 14.9 Å². The molecule has 9 nitrogen and oxygen atoms in total. The van der Waals surface area contributed by atoms with E-state index >= 15 is 0 Å². The quantitative estimate of drug-likeness (QED) is 0.511. The van der Waals surface area contributed by atoms with Gasteiger partial charge in [0, 0.05) is 12.1 Å². The van der Waals surface area contributed by atoms with Crippen LogP contribution in [-0.4, -0.2) is 30.5 Å². The number of methoxy groups -OCH3 is 1. The Morgan fingerprint density at radius 3 is 2.92 bits per heavy atom. The molecule has 0 spiro atoms. The maximum Gasteiger partial charge on any atom is 0.348 e. The van der Waals surface area contributed by atoms with Crippen molar-refractivity contribution in [3.63, 3.8) is 0 Å². The molecular weight excluding hydrogens is 340 g/mol. The lowest BCUT2D eigenvalue weighted by Crippen LogP contribution is -2.25. The third-order valence-corrected chi connectivity index (χ3v) is 4.04. The van der Waals surface area contributed by atoms with Crippen LogP contribution in [-0.2, 0) is 9.53 Å². The molecule has 1 aromatic heterocycles. The molecule has 0 bridgehead atoms. The van der Waals surface area contributed by atoms with Crippen molar-refractivity contribution in [2.45, 2.75) is 0 Å². The Morgan fingerprint density at radius 1 is 1.42 bits per heavy atom. The summed E-state index contributed by atoms with van der Waals surface area (Å²) in [6.07, 6.45) is 0. The van der Waals surface area contributed by atoms with E-state index in [1.165, 1.54) is 19.2 Å². The van der Waals surface area contributed by atoms with E-state index in [4.69, 9.17) is 9.47 Å². The second kappa shape index (κ2) is 6.16. The van der Waals surface area contributed by atoms with Gasteiger partial charge >= 0.3 is 11.7 Å². The molecule has 1 aromatic carbocycles. The van der Waals surface area contributed by atoms with E-state index in [0.717, 1.165) is 17.4 Å². The summed E-state index contributed by atoms with van der Waals surface area (Å²) >= 11 is 0.804. The normalized spacial score (nSPS) is 12.6. The predicted octanol–water partition coefficient (Wildman–Crippen LogP) is 2.57. The summed E-state index contributed by atoms with van der Waals surface area (Å²) in [6, 6.07) is 5.68. The molecule has 1 aliphatic heterocycles. The molecule has 1 N–H and O–H groups in total. The van der Waals surface area contributed by atoms with E-state index in [9.17, 15) is 19.7 Å². The van der Waals surface area contributed by atoms with Crippen LogP contribution in [0.15, 0.2) is 24.3 Å². The number of benzene rings is 1. The highest BCUT2D eigenvalue weighted by Crippen LogP contribution is 2.41. The maximum absolute atomic E-state index is 11.5.